The van der Waals surface area contributed by atoms with E-state index in [1.807, 2.05) is 63.2 Å². The minimum atomic E-state index is -3.71. The summed E-state index contributed by atoms with van der Waals surface area (Å²) in [6, 6.07) is 13.2. The number of nitrogens with zero attached hydrogens (tertiary/aromatic N) is 2. The van der Waals surface area contributed by atoms with Gasteiger partial charge < -0.3 is 4.98 Å². The lowest BCUT2D eigenvalue weighted by atomic mass is 10.1. The maximum atomic E-state index is 13.3. The maximum absolute atomic E-state index is 13.3. The Morgan fingerprint density at radius 1 is 1.03 bits per heavy atom. The first kappa shape index (κ1) is 19.5. The van der Waals surface area contributed by atoms with E-state index in [-0.39, 0.29) is 12.1 Å². The zero-order valence-corrected chi connectivity index (χ0v) is 17.5. The molecule has 7 heteroatoms. The molecule has 0 radical (unpaired) electrons. The van der Waals surface area contributed by atoms with Gasteiger partial charge in [-0.15, -0.1) is 0 Å². The summed E-state index contributed by atoms with van der Waals surface area (Å²) in [4.78, 5) is 20.5. The van der Waals surface area contributed by atoms with Crippen LogP contribution in [0.5, 0.6) is 0 Å². The third-order valence-corrected chi connectivity index (χ3v) is 7.43. The molecule has 150 valence electrons. The van der Waals surface area contributed by atoms with Crippen LogP contribution in [0.25, 0.3) is 11.4 Å². The van der Waals surface area contributed by atoms with Crippen LogP contribution in [0.4, 0.5) is 0 Å². The highest BCUT2D eigenvalue weighted by atomic mass is 32.2. The van der Waals surface area contributed by atoms with Gasteiger partial charge in [0.15, 0.2) is 0 Å². The summed E-state index contributed by atoms with van der Waals surface area (Å²) >= 11 is 0. The molecule has 3 aromatic rings. The molecule has 1 aromatic heterocycles. The van der Waals surface area contributed by atoms with Gasteiger partial charge in [-0.05, 0) is 31.9 Å². The van der Waals surface area contributed by atoms with Crippen molar-refractivity contribution in [3.05, 3.63) is 80.8 Å². The van der Waals surface area contributed by atoms with Gasteiger partial charge in [0.25, 0.3) is 5.56 Å². The van der Waals surface area contributed by atoms with Crippen LogP contribution in [0.1, 0.15) is 27.9 Å². The highest BCUT2D eigenvalue weighted by Gasteiger charge is 2.32. The SMILES string of the molecule is Cc1cc(C)c(S(=O)(=O)N2CCc3nc(-c4ccccc4)[nH]c(=O)c3C2)c(C)c1. The van der Waals surface area contributed by atoms with E-state index in [1.165, 1.54) is 4.31 Å². The van der Waals surface area contributed by atoms with Crippen molar-refractivity contribution in [3.8, 4) is 11.4 Å². The van der Waals surface area contributed by atoms with E-state index in [0.29, 0.717) is 34.9 Å². The molecule has 1 aliphatic rings. The largest absolute Gasteiger partial charge is 0.306 e. The number of sulfonamides is 1. The summed E-state index contributed by atoms with van der Waals surface area (Å²) < 4.78 is 28.1. The molecular formula is C22H23N3O3S. The Hall–Kier alpha value is -2.77. The lowest BCUT2D eigenvalue weighted by Gasteiger charge is -2.28. The molecule has 0 unspecified atom stereocenters. The fourth-order valence-electron chi connectivity index (χ4n) is 4.04. The van der Waals surface area contributed by atoms with Crippen molar-refractivity contribution in [1.82, 2.24) is 14.3 Å². The monoisotopic (exact) mass is 409 g/mol. The molecular weight excluding hydrogens is 386 g/mol. The molecule has 1 aliphatic heterocycles. The molecule has 0 saturated carbocycles. The zero-order chi connectivity index (χ0) is 20.8. The van der Waals surface area contributed by atoms with Gasteiger partial charge in [-0.1, -0.05) is 48.0 Å². The van der Waals surface area contributed by atoms with Crippen LogP contribution in [0, 0.1) is 20.8 Å². The molecule has 0 saturated heterocycles. The van der Waals surface area contributed by atoms with Crippen molar-refractivity contribution >= 4 is 10.0 Å². The van der Waals surface area contributed by atoms with Gasteiger partial charge >= 0.3 is 0 Å². The molecule has 2 heterocycles. The van der Waals surface area contributed by atoms with E-state index < -0.39 is 10.0 Å². The molecule has 0 spiro atoms. The standard InChI is InChI=1S/C22H23N3O3S/c1-14-11-15(2)20(16(3)12-14)29(27,28)25-10-9-19-18(13-25)22(26)24-21(23-19)17-7-5-4-6-8-17/h4-8,11-12H,9-10,13H2,1-3H3,(H,23,24,26). The Morgan fingerprint density at radius 2 is 1.69 bits per heavy atom. The summed E-state index contributed by atoms with van der Waals surface area (Å²) in [7, 11) is -3.71. The smallest absolute Gasteiger partial charge is 0.255 e. The van der Waals surface area contributed by atoms with Crippen LogP contribution in [0.2, 0.25) is 0 Å². The van der Waals surface area contributed by atoms with Crippen LogP contribution in [-0.4, -0.2) is 29.2 Å². The van der Waals surface area contributed by atoms with Gasteiger partial charge in [-0.3, -0.25) is 4.79 Å². The van der Waals surface area contributed by atoms with Crippen molar-refractivity contribution < 1.29 is 8.42 Å². The molecule has 0 fully saturated rings. The van der Waals surface area contributed by atoms with Gasteiger partial charge in [0.1, 0.15) is 5.82 Å². The van der Waals surface area contributed by atoms with Crippen LogP contribution in [0.15, 0.2) is 52.2 Å². The first-order valence-corrected chi connectivity index (χ1v) is 11.0. The number of nitrogens with one attached hydrogen (secondary N) is 1. The number of H-pyrrole nitrogens is 1. The Kier molecular flexibility index (Phi) is 4.88. The highest BCUT2D eigenvalue weighted by molar-refractivity contribution is 7.89. The van der Waals surface area contributed by atoms with Crippen molar-refractivity contribution in [2.75, 3.05) is 6.54 Å². The second-order valence-corrected chi connectivity index (χ2v) is 9.40. The van der Waals surface area contributed by atoms with E-state index >= 15 is 0 Å². The highest BCUT2D eigenvalue weighted by Crippen LogP contribution is 2.28. The lowest BCUT2D eigenvalue weighted by molar-refractivity contribution is 0.385. The first-order chi connectivity index (χ1) is 13.8. The van der Waals surface area contributed by atoms with Crippen molar-refractivity contribution in [2.45, 2.75) is 38.6 Å². The number of benzene rings is 2. The normalized spacial score (nSPS) is 14.6. The predicted molar refractivity (Wildman–Crippen MR) is 112 cm³/mol. The summed E-state index contributed by atoms with van der Waals surface area (Å²) in [5.74, 6) is 0.510. The second kappa shape index (κ2) is 7.24. The minimum Gasteiger partial charge on any atom is -0.306 e. The molecule has 6 nitrogen and oxygen atoms in total. The number of hydrogen-bond acceptors (Lipinski definition) is 4. The van der Waals surface area contributed by atoms with Gasteiger partial charge in [0.05, 0.1) is 16.2 Å². The molecule has 29 heavy (non-hydrogen) atoms. The number of rotatable bonds is 3. The second-order valence-electron chi connectivity index (χ2n) is 7.52. The number of aryl methyl sites for hydroxylation is 3. The van der Waals surface area contributed by atoms with Gasteiger partial charge in [0, 0.05) is 25.1 Å². The average molecular weight is 410 g/mol. The Morgan fingerprint density at radius 3 is 2.34 bits per heavy atom. The van der Waals surface area contributed by atoms with E-state index in [1.54, 1.807) is 0 Å². The topological polar surface area (TPSA) is 83.1 Å². The third kappa shape index (κ3) is 3.52. The number of hydrogen-bond donors (Lipinski definition) is 1. The summed E-state index contributed by atoms with van der Waals surface area (Å²) in [5.41, 5.74) is 4.09. The molecule has 1 N–H and O–H groups in total. The fraction of sp³-hybridized carbons (Fsp3) is 0.273. The van der Waals surface area contributed by atoms with Crippen molar-refractivity contribution in [3.63, 3.8) is 0 Å². The summed E-state index contributed by atoms with van der Waals surface area (Å²) in [6.07, 6.45) is 0.405. The van der Waals surface area contributed by atoms with E-state index in [2.05, 4.69) is 9.97 Å². The van der Waals surface area contributed by atoms with Gasteiger partial charge in [-0.25, -0.2) is 13.4 Å². The van der Waals surface area contributed by atoms with Gasteiger partial charge in [0.2, 0.25) is 10.0 Å². The third-order valence-electron chi connectivity index (χ3n) is 5.28. The molecule has 0 aliphatic carbocycles. The van der Waals surface area contributed by atoms with Crippen LogP contribution < -0.4 is 5.56 Å². The van der Waals surface area contributed by atoms with E-state index in [9.17, 15) is 13.2 Å². The molecule has 4 rings (SSSR count). The van der Waals surface area contributed by atoms with Crippen LogP contribution >= 0.6 is 0 Å². The van der Waals surface area contributed by atoms with Crippen LogP contribution in [0.3, 0.4) is 0 Å². The zero-order valence-electron chi connectivity index (χ0n) is 16.7. The summed E-state index contributed by atoms with van der Waals surface area (Å²) in [5, 5.41) is 0. The molecule has 2 aromatic carbocycles. The average Bonchev–Trinajstić information content (AvgIpc) is 2.67. The van der Waals surface area contributed by atoms with E-state index in [4.69, 9.17) is 0 Å². The minimum absolute atomic E-state index is 0.0296. The molecule has 0 bridgehead atoms. The lowest BCUT2D eigenvalue weighted by Crippen LogP contribution is -2.40. The number of aromatic amines is 1. The molecule has 0 amide bonds. The first-order valence-electron chi connectivity index (χ1n) is 9.53. The Balaban J connectivity index is 1.72. The van der Waals surface area contributed by atoms with Gasteiger partial charge in [-0.2, -0.15) is 4.31 Å². The quantitative estimate of drug-likeness (QED) is 0.721. The van der Waals surface area contributed by atoms with Crippen molar-refractivity contribution in [1.29, 1.82) is 0 Å². The predicted octanol–water partition coefficient (Wildman–Crippen LogP) is 3.11. The number of aromatic nitrogens is 2. The Bertz CT molecular complexity index is 1230. The Labute approximate surface area is 170 Å². The van der Waals surface area contributed by atoms with Crippen LogP contribution in [-0.2, 0) is 23.0 Å². The van der Waals surface area contributed by atoms with Crippen molar-refractivity contribution in [2.24, 2.45) is 0 Å². The van der Waals surface area contributed by atoms with E-state index in [0.717, 1.165) is 22.3 Å². The fourth-order valence-corrected chi connectivity index (χ4v) is 5.86. The molecule has 0 atom stereocenters. The maximum Gasteiger partial charge on any atom is 0.255 e. The summed E-state index contributed by atoms with van der Waals surface area (Å²) in [6.45, 7) is 5.90. The number of fused-ring (bicyclic) bond motifs is 1.